The third kappa shape index (κ3) is 3.06. The summed E-state index contributed by atoms with van der Waals surface area (Å²) in [5, 5.41) is 4.28. The van der Waals surface area contributed by atoms with Gasteiger partial charge in [0.1, 0.15) is 0 Å². The van der Waals surface area contributed by atoms with E-state index in [1.807, 2.05) is 25.1 Å². The Bertz CT molecular complexity index is 648. The van der Waals surface area contributed by atoms with Gasteiger partial charge in [-0.05, 0) is 37.7 Å². The molecule has 1 aliphatic heterocycles. The summed E-state index contributed by atoms with van der Waals surface area (Å²) >= 11 is 0. The van der Waals surface area contributed by atoms with E-state index >= 15 is 0 Å². The second-order valence-corrected chi connectivity index (χ2v) is 6.13. The Morgan fingerprint density at radius 2 is 1.95 bits per heavy atom. The Labute approximate surface area is 131 Å². The zero-order valence-corrected chi connectivity index (χ0v) is 13.3. The number of nitrogens with zero attached hydrogens (tertiary/aromatic N) is 3. The van der Waals surface area contributed by atoms with Crippen molar-refractivity contribution in [1.29, 1.82) is 0 Å². The van der Waals surface area contributed by atoms with Gasteiger partial charge in [-0.1, -0.05) is 30.3 Å². The first-order valence-electron chi connectivity index (χ1n) is 7.99. The van der Waals surface area contributed by atoms with Crippen molar-refractivity contribution in [3.63, 3.8) is 0 Å². The lowest BCUT2D eigenvalue weighted by atomic mass is 9.92. The molecular formula is C18H23N3O. The number of carbonyl (C=O) groups is 1. The van der Waals surface area contributed by atoms with Crippen LogP contribution in [0.2, 0.25) is 0 Å². The molecule has 3 rings (SSSR count). The summed E-state index contributed by atoms with van der Waals surface area (Å²) in [6.45, 7) is 3.57. The highest BCUT2D eigenvalue weighted by Gasteiger charge is 2.24. The number of carbonyl (C=O) groups excluding carboxylic acids is 1. The molecule has 0 radical (unpaired) electrons. The van der Waals surface area contributed by atoms with Crippen molar-refractivity contribution >= 4 is 5.91 Å². The number of hydrogen-bond donors (Lipinski definition) is 0. The summed E-state index contributed by atoms with van der Waals surface area (Å²) in [5.41, 5.74) is 2.95. The van der Waals surface area contributed by atoms with E-state index in [4.69, 9.17) is 0 Å². The molecule has 2 aromatic rings. The van der Waals surface area contributed by atoms with Crippen LogP contribution in [-0.2, 0) is 7.05 Å². The first-order chi connectivity index (χ1) is 10.6. The maximum Gasteiger partial charge on any atom is 0.257 e. The Kier molecular flexibility index (Phi) is 4.27. The second-order valence-electron chi connectivity index (χ2n) is 6.13. The van der Waals surface area contributed by atoms with Gasteiger partial charge in [0.2, 0.25) is 0 Å². The molecule has 0 N–H and O–H groups in total. The molecule has 1 aliphatic rings. The molecule has 4 nitrogen and oxygen atoms in total. The fourth-order valence-electron chi connectivity index (χ4n) is 3.34. The Balaban J connectivity index is 1.70. The van der Waals surface area contributed by atoms with Gasteiger partial charge in [-0.15, -0.1) is 0 Å². The average molecular weight is 297 g/mol. The van der Waals surface area contributed by atoms with Crippen molar-refractivity contribution in [2.45, 2.75) is 32.1 Å². The zero-order chi connectivity index (χ0) is 15.5. The molecule has 0 saturated carbocycles. The molecule has 2 heterocycles. The topological polar surface area (TPSA) is 38.1 Å². The van der Waals surface area contributed by atoms with E-state index in [1.165, 1.54) is 5.56 Å². The SMILES string of the molecule is Cc1nn(C)cc1C(=O)N1CCCC(c2ccccc2)CC1. The van der Waals surface area contributed by atoms with Crippen molar-refractivity contribution < 1.29 is 4.79 Å². The minimum absolute atomic E-state index is 0.124. The zero-order valence-electron chi connectivity index (χ0n) is 13.3. The Morgan fingerprint density at radius 1 is 1.18 bits per heavy atom. The summed E-state index contributed by atoms with van der Waals surface area (Å²) < 4.78 is 1.72. The van der Waals surface area contributed by atoms with E-state index in [2.05, 4.69) is 35.4 Å². The molecular weight excluding hydrogens is 274 g/mol. The van der Waals surface area contributed by atoms with Gasteiger partial charge in [0.25, 0.3) is 5.91 Å². The highest BCUT2D eigenvalue weighted by atomic mass is 16.2. The maximum absolute atomic E-state index is 12.7. The second kappa shape index (κ2) is 6.34. The van der Waals surface area contributed by atoms with E-state index < -0.39 is 0 Å². The van der Waals surface area contributed by atoms with Crippen LogP contribution in [0.3, 0.4) is 0 Å². The van der Waals surface area contributed by atoms with Crippen molar-refractivity contribution in [2.75, 3.05) is 13.1 Å². The molecule has 1 fully saturated rings. The van der Waals surface area contributed by atoms with Crippen molar-refractivity contribution in [1.82, 2.24) is 14.7 Å². The van der Waals surface area contributed by atoms with E-state index in [0.29, 0.717) is 5.92 Å². The fourth-order valence-corrected chi connectivity index (χ4v) is 3.34. The van der Waals surface area contributed by atoms with E-state index in [0.717, 1.165) is 43.6 Å². The summed E-state index contributed by atoms with van der Waals surface area (Å²) in [4.78, 5) is 14.7. The minimum Gasteiger partial charge on any atom is -0.339 e. The predicted octanol–water partition coefficient (Wildman–Crippen LogP) is 3.14. The number of aromatic nitrogens is 2. The van der Waals surface area contributed by atoms with Crippen LogP contribution in [0.4, 0.5) is 0 Å². The maximum atomic E-state index is 12.7. The van der Waals surface area contributed by atoms with Gasteiger partial charge in [0, 0.05) is 26.3 Å². The molecule has 0 aliphatic carbocycles. The lowest BCUT2D eigenvalue weighted by molar-refractivity contribution is 0.0760. The monoisotopic (exact) mass is 297 g/mol. The number of hydrogen-bond acceptors (Lipinski definition) is 2. The van der Waals surface area contributed by atoms with E-state index in [1.54, 1.807) is 4.68 Å². The van der Waals surface area contributed by atoms with Gasteiger partial charge in [-0.25, -0.2) is 0 Å². The van der Waals surface area contributed by atoms with Gasteiger partial charge in [-0.2, -0.15) is 5.10 Å². The largest absolute Gasteiger partial charge is 0.339 e. The normalized spacial score (nSPS) is 19.0. The summed E-state index contributed by atoms with van der Waals surface area (Å²) in [7, 11) is 1.86. The molecule has 0 spiro atoms. The lowest BCUT2D eigenvalue weighted by Gasteiger charge is -2.20. The van der Waals surface area contributed by atoms with Crippen LogP contribution in [-0.4, -0.2) is 33.7 Å². The fraction of sp³-hybridized carbons (Fsp3) is 0.444. The molecule has 4 heteroatoms. The van der Waals surface area contributed by atoms with Crippen LogP contribution in [0.1, 0.15) is 46.8 Å². The number of aryl methyl sites for hydroxylation is 2. The molecule has 1 unspecified atom stereocenters. The van der Waals surface area contributed by atoms with Crippen LogP contribution in [0.15, 0.2) is 36.5 Å². The molecule has 1 amide bonds. The summed E-state index contributed by atoms with van der Waals surface area (Å²) in [6, 6.07) is 10.7. The van der Waals surface area contributed by atoms with Crippen molar-refractivity contribution in [2.24, 2.45) is 7.05 Å². The summed E-state index contributed by atoms with van der Waals surface area (Å²) in [6.07, 6.45) is 5.08. The van der Waals surface area contributed by atoms with Gasteiger partial charge in [0.15, 0.2) is 0 Å². The number of likely N-dealkylation sites (tertiary alicyclic amines) is 1. The van der Waals surface area contributed by atoms with Crippen LogP contribution in [0, 0.1) is 6.92 Å². The smallest absolute Gasteiger partial charge is 0.257 e. The third-order valence-electron chi connectivity index (χ3n) is 4.53. The molecule has 116 valence electrons. The molecule has 22 heavy (non-hydrogen) atoms. The quantitative estimate of drug-likeness (QED) is 0.854. The number of benzene rings is 1. The first kappa shape index (κ1) is 14.8. The standard InChI is InChI=1S/C18H23N3O/c1-14-17(13-20(2)19-14)18(22)21-11-6-9-16(10-12-21)15-7-4-3-5-8-15/h3-5,7-8,13,16H,6,9-12H2,1-2H3. The number of rotatable bonds is 2. The molecule has 1 saturated heterocycles. The summed E-state index contributed by atoms with van der Waals surface area (Å²) in [5.74, 6) is 0.688. The van der Waals surface area contributed by atoms with Crippen LogP contribution in [0.5, 0.6) is 0 Å². The minimum atomic E-state index is 0.124. The molecule has 1 atom stereocenters. The third-order valence-corrected chi connectivity index (χ3v) is 4.53. The molecule has 1 aromatic heterocycles. The number of amides is 1. The van der Waals surface area contributed by atoms with Crippen molar-refractivity contribution in [3.05, 3.63) is 53.3 Å². The predicted molar refractivity (Wildman–Crippen MR) is 86.9 cm³/mol. The van der Waals surface area contributed by atoms with Gasteiger partial charge in [0.05, 0.1) is 11.3 Å². The van der Waals surface area contributed by atoms with Crippen molar-refractivity contribution in [3.8, 4) is 0 Å². The first-order valence-corrected chi connectivity index (χ1v) is 7.99. The molecule has 0 bridgehead atoms. The highest BCUT2D eigenvalue weighted by Crippen LogP contribution is 2.28. The van der Waals surface area contributed by atoms with E-state index in [-0.39, 0.29) is 5.91 Å². The lowest BCUT2D eigenvalue weighted by Crippen LogP contribution is -2.32. The van der Waals surface area contributed by atoms with Crippen LogP contribution < -0.4 is 0 Å². The van der Waals surface area contributed by atoms with Gasteiger partial charge in [-0.3, -0.25) is 9.48 Å². The van der Waals surface area contributed by atoms with Gasteiger partial charge >= 0.3 is 0 Å². The highest BCUT2D eigenvalue weighted by molar-refractivity contribution is 5.95. The molecule has 1 aromatic carbocycles. The van der Waals surface area contributed by atoms with Gasteiger partial charge < -0.3 is 4.90 Å². The van der Waals surface area contributed by atoms with Crippen LogP contribution >= 0.6 is 0 Å². The Morgan fingerprint density at radius 3 is 2.64 bits per heavy atom. The average Bonchev–Trinajstić information content (AvgIpc) is 2.74. The van der Waals surface area contributed by atoms with E-state index in [9.17, 15) is 4.79 Å². The van der Waals surface area contributed by atoms with Crippen LogP contribution in [0.25, 0.3) is 0 Å². The Hall–Kier alpha value is -2.10.